The molecule has 0 spiro atoms. The van der Waals surface area contributed by atoms with E-state index in [2.05, 4.69) is 29.2 Å². The molecule has 1 aromatic heterocycles. The molecule has 24 heavy (non-hydrogen) atoms. The molecule has 6 nitrogen and oxygen atoms in total. The molecular formula is C18H23N3O3. The zero-order chi connectivity index (χ0) is 16.4. The molecule has 0 saturated carbocycles. The summed E-state index contributed by atoms with van der Waals surface area (Å²) in [5.74, 6) is 1.75. The lowest BCUT2D eigenvalue weighted by Gasteiger charge is -2.33. The number of rotatable bonds is 4. The number of aryl methyl sites for hydroxylation is 1. The summed E-state index contributed by atoms with van der Waals surface area (Å²) in [7, 11) is 0. The largest absolute Gasteiger partial charge is 0.486 e. The highest BCUT2D eigenvalue weighted by molar-refractivity contribution is 5.47. The summed E-state index contributed by atoms with van der Waals surface area (Å²) in [5, 5.41) is 4.36. The van der Waals surface area contributed by atoms with Crippen LogP contribution in [0.15, 0.2) is 30.6 Å². The Labute approximate surface area is 141 Å². The van der Waals surface area contributed by atoms with E-state index >= 15 is 0 Å². The van der Waals surface area contributed by atoms with Gasteiger partial charge in [0.25, 0.3) is 0 Å². The van der Waals surface area contributed by atoms with Crippen LogP contribution in [0.1, 0.15) is 11.1 Å². The number of hydrogen-bond donors (Lipinski definition) is 0. The predicted octanol–water partition coefficient (Wildman–Crippen LogP) is 1.86. The summed E-state index contributed by atoms with van der Waals surface area (Å²) in [6, 6.07) is 6.13. The summed E-state index contributed by atoms with van der Waals surface area (Å²) < 4.78 is 19.4. The topological polar surface area (TPSA) is 48.8 Å². The maximum atomic E-state index is 5.91. The maximum absolute atomic E-state index is 5.91. The second-order valence-electron chi connectivity index (χ2n) is 6.41. The molecule has 2 aliphatic heterocycles. The first kappa shape index (κ1) is 15.5. The van der Waals surface area contributed by atoms with Crippen molar-refractivity contribution in [1.82, 2.24) is 14.7 Å². The quantitative estimate of drug-likeness (QED) is 0.857. The van der Waals surface area contributed by atoms with Crippen LogP contribution >= 0.6 is 0 Å². The molecule has 0 N–H and O–H groups in total. The van der Waals surface area contributed by atoms with Crippen LogP contribution in [-0.4, -0.2) is 53.7 Å². The summed E-state index contributed by atoms with van der Waals surface area (Å²) in [5.41, 5.74) is 2.36. The number of para-hydroxylation sites is 1. The average Bonchev–Trinajstić information content (AvgIpc) is 3.00. The summed E-state index contributed by atoms with van der Waals surface area (Å²) in [4.78, 5) is 2.41. The first-order chi connectivity index (χ1) is 11.8. The van der Waals surface area contributed by atoms with Crippen molar-refractivity contribution in [3.8, 4) is 11.5 Å². The fraction of sp³-hybridized carbons (Fsp3) is 0.500. The molecule has 0 amide bonds. The molecule has 6 heteroatoms. The Morgan fingerprint density at radius 3 is 3.00 bits per heavy atom. The molecule has 1 saturated heterocycles. The Balaban J connectivity index is 1.41. The second kappa shape index (κ2) is 6.83. The van der Waals surface area contributed by atoms with Crippen LogP contribution in [0.2, 0.25) is 0 Å². The van der Waals surface area contributed by atoms with Gasteiger partial charge in [-0.05, 0) is 18.6 Å². The Kier molecular flexibility index (Phi) is 4.40. The van der Waals surface area contributed by atoms with E-state index in [1.165, 1.54) is 11.1 Å². The minimum absolute atomic E-state index is 0.162. The van der Waals surface area contributed by atoms with Gasteiger partial charge in [-0.2, -0.15) is 5.10 Å². The van der Waals surface area contributed by atoms with Crippen molar-refractivity contribution in [2.45, 2.75) is 26.1 Å². The number of aromatic nitrogens is 2. The minimum Gasteiger partial charge on any atom is -0.486 e. The lowest BCUT2D eigenvalue weighted by molar-refractivity contribution is -0.0405. The van der Waals surface area contributed by atoms with Gasteiger partial charge in [-0.3, -0.25) is 9.58 Å². The first-order valence-electron chi connectivity index (χ1n) is 8.48. The van der Waals surface area contributed by atoms with E-state index in [9.17, 15) is 0 Å². The van der Waals surface area contributed by atoms with Gasteiger partial charge in [0.2, 0.25) is 0 Å². The zero-order valence-corrected chi connectivity index (χ0v) is 14.0. The number of benzene rings is 1. The lowest BCUT2D eigenvalue weighted by Crippen LogP contribution is -2.43. The van der Waals surface area contributed by atoms with E-state index in [4.69, 9.17) is 14.2 Å². The van der Waals surface area contributed by atoms with Crippen molar-refractivity contribution in [2.24, 2.45) is 0 Å². The molecule has 2 aliphatic rings. The van der Waals surface area contributed by atoms with Crippen LogP contribution in [0.5, 0.6) is 11.5 Å². The van der Waals surface area contributed by atoms with Crippen molar-refractivity contribution in [1.29, 1.82) is 0 Å². The predicted molar refractivity (Wildman–Crippen MR) is 89.4 cm³/mol. The fourth-order valence-corrected chi connectivity index (χ4v) is 3.31. The molecule has 3 heterocycles. The van der Waals surface area contributed by atoms with Crippen molar-refractivity contribution in [3.63, 3.8) is 0 Å². The summed E-state index contributed by atoms with van der Waals surface area (Å²) in [6.07, 6.45) is 4.10. The lowest BCUT2D eigenvalue weighted by atomic mass is 10.1. The molecule has 4 rings (SSSR count). The fourth-order valence-electron chi connectivity index (χ4n) is 3.31. The van der Waals surface area contributed by atoms with Gasteiger partial charge in [-0.1, -0.05) is 12.1 Å². The van der Waals surface area contributed by atoms with Gasteiger partial charge >= 0.3 is 0 Å². The molecule has 128 valence electrons. The van der Waals surface area contributed by atoms with E-state index in [1.54, 1.807) is 0 Å². The Hall–Kier alpha value is -2.05. The molecular weight excluding hydrogens is 306 g/mol. The van der Waals surface area contributed by atoms with E-state index in [1.807, 2.05) is 23.0 Å². The zero-order valence-electron chi connectivity index (χ0n) is 14.0. The average molecular weight is 329 g/mol. The molecule has 2 aromatic rings. The van der Waals surface area contributed by atoms with Gasteiger partial charge < -0.3 is 14.2 Å². The summed E-state index contributed by atoms with van der Waals surface area (Å²) >= 11 is 0. The van der Waals surface area contributed by atoms with Gasteiger partial charge in [0, 0.05) is 31.4 Å². The molecule has 0 radical (unpaired) electrons. The monoisotopic (exact) mass is 329 g/mol. The van der Waals surface area contributed by atoms with E-state index < -0.39 is 0 Å². The highest BCUT2D eigenvalue weighted by atomic mass is 16.6. The smallest absolute Gasteiger partial charge is 0.165 e. The van der Waals surface area contributed by atoms with Gasteiger partial charge in [0.15, 0.2) is 11.5 Å². The standard InChI is InChI=1S/C18H23N3O3/c1-14-9-19-21(10-14)13-16-12-20(5-6-22-16)11-15-3-2-4-17-18(15)24-8-7-23-17/h2-4,9-10,16H,5-8,11-13H2,1H3. The number of fused-ring (bicyclic) bond motifs is 1. The minimum atomic E-state index is 0.162. The molecule has 1 atom stereocenters. The highest BCUT2D eigenvalue weighted by Gasteiger charge is 2.23. The Bertz CT molecular complexity index is 701. The maximum Gasteiger partial charge on any atom is 0.165 e. The number of nitrogens with zero attached hydrogens (tertiary/aromatic N) is 3. The van der Waals surface area contributed by atoms with Gasteiger partial charge in [0.1, 0.15) is 13.2 Å². The van der Waals surface area contributed by atoms with Gasteiger partial charge in [-0.25, -0.2) is 0 Å². The molecule has 1 unspecified atom stereocenters. The van der Waals surface area contributed by atoms with Gasteiger partial charge in [0.05, 0.1) is 25.5 Å². The van der Waals surface area contributed by atoms with Crippen LogP contribution in [0.25, 0.3) is 0 Å². The molecule has 0 aliphatic carbocycles. The van der Waals surface area contributed by atoms with E-state index in [0.717, 1.165) is 44.3 Å². The SMILES string of the molecule is Cc1cnn(CC2CN(Cc3cccc4c3OCCO4)CCO2)c1. The number of hydrogen-bond acceptors (Lipinski definition) is 5. The van der Waals surface area contributed by atoms with Crippen LogP contribution in [0.4, 0.5) is 0 Å². The molecule has 0 bridgehead atoms. The third kappa shape index (κ3) is 3.39. The molecule has 1 aromatic carbocycles. The summed E-state index contributed by atoms with van der Waals surface area (Å²) in [6.45, 7) is 7.51. The third-order valence-corrected chi connectivity index (χ3v) is 4.42. The van der Waals surface area contributed by atoms with Crippen LogP contribution < -0.4 is 9.47 Å². The second-order valence-corrected chi connectivity index (χ2v) is 6.41. The van der Waals surface area contributed by atoms with Crippen molar-refractivity contribution in [2.75, 3.05) is 32.9 Å². The highest BCUT2D eigenvalue weighted by Crippen LogP contribution is 2.34. The van der Waals surface area contributed by atoms with Gasteiger partial charge in [-0.15, -0.1) is 0 Å². The third-order valence-electron chi connectivity index (χ3n) is 4.42. The van der Waals surface area contributed by atoms with E-state index in [-0.39, 0.29) is 6.10 Å². The van der Waals surface area contributed by atoms with E-state index in [0.29, 0.717) is 13.2 Å². The van der Waals surface area contributed by atoms with Crippen molar-refractivity contribution >= 4 is 0 Å². The molecule has 1 fully saturated rings. The number of ether oxygens (including phenoxy) is 3. The van der Waals surface area contributed by atoms with Crippen LogP contribution in [0, 0.1) is 6.92 Å². The Morgan fingerprint density at radius 2 is 2.12 bits per heavy atom. The van der Waals surface area contributed by atoms with Crippen LogP contribution in [0.3, 0.4) is 0 Å². The number of morpholine rings is 1. The first-order valence-corrected chi connectivity index (χ1v) is 8.48. The van der Waals surface area contributed by atoms with Crippen LogP contribution in [-0.2, 0) is 17.8 Å². The Morgan fingerprint density at radius 1 is 1.21 bits per heavy atom. The van der Waals surface area contributed by atoms with Crippen molar-refractivity contribution in [3.05, 3.63) is 41.7 Å². The normalized spacial score (nSPS) is 21.0. The van der Waals surface area contributed by atoms with Crippen molar-refractivity contribution < 1.29 is 14.2 Å².